The summed E-state index contributed by atoms with van der Waals surface area (Å²) in [5.74, 6) is 1.95. The highest BCUT2D eigenvalue weighted by molar-refractivity contribution is 7.98. The lowest BCUT2D eigenvalue weighted by atomic mass is 10.1. The minimum atomic E-state index is 0.317. The van der Waals surface area contributed by atoms with Gasteiger partial charge in [-0.05, 0) is 39.0 Å². The highest BCUT2D eigenvalue weighted by Crippen LogP contribution is 2.13. The summed E-state index contributed by atoms with van der Waals surface area (Å²) in [7, 11) is 3.80. The molecule has 0 aliphatic rings. The van der Waals surface area contributed by atoms with E-state index in [4.69, 9.17) is 0 Å². The Balaban J connectivity index is 2.55. The van der Waals surface area contributed by atoms with E-state index in [9.17, 15) is 0 Å². The average Bonchev–Trinajstić information content (AvgIpc) is 2.64. The molecule has 0 spiro atoms. The van der Waals surface area contributed by atoms with Gasteiger partial charge in [-0.3, -0.25) is 9.67 Å². The van der Waals surface area contributed by atoms with Gasteiger partial charge in [0.15, 0.2) is 5.96 Å². The standard InChI is InChI=1S/C14H27N5S/c1-10(17-14(15-4)16-7-8-20-6)9-13-11(2)18-19(5)12(13)3/h10H,7-9H2,1-6H3,(H2,15,16,17). The van der Waals surface area contributed by atoms with Crippen LogP contribution in [0.25, 0.3) is 0 Å². The number of aliphatic imine (C=N–C) groups is 1. The fraction of sp³-hybridized carbons (Fsp3) is 0.714. The molecule has 114 valence electrons. The number of rotatable bonds is 6. The van der Waals surface area contributed by atoms with Gasteiger partial charge >= 0.3 is 0 Å². The Morgan fingerprint density at radius 1 is 1.45 bits per heavy atom. The smallest absolute Gasteiger partial charge is 0.191 e. The minimum absolute atomic E-state index is 0.317. The van der Waals surface area contributed by atoms with Crippen LogP contribution in [0.3, 0.4) is 0 Å². The van der Waals surface area contributed by atoms with Gasteiger partial charge in [0.05, 0.1) is 5.69 Å². The summed E-state index contributed by atoms with van der Waals surface area (Å²) >= 11 is 1.83. The fourth-order valence-electron chi connectivity index (χ4n) is 2.17. The van der Waals surface area contributed by atoms with Crippen LogP contribution < -0.4 is 10.6 Å². The first-order valence-electron chi connectivity index (χ1n) is 6.94. The van der Waals surface area contributed by atoms with Gasteiger partial charge < -0.3 is 10.6 Å². The Hall–Kier alpha value is -1.17. The SMILES string of the molecule is CN=C(NCCSC)NC(C)Cc1c(C)nn(C)c1C. The Bertz CT molecular complexity index is 453. The summed E-state index contributed by atoms with van der Waals surface area (Å²) < 4.78 is 1.95. The molecule has 20 heavy (non-hydrogen) atoms. The highest BCUT2D eigenvalue weighted by atomic mass is 32.2. The Labute approximate surface area is 126 Å². The molecular weight excluding hydrogens is 270 g/mol. The Morgan fingerprint density at radius 3 is 2.65 bits per heavy atom. The maximum absolute atomic E-state index is 4.46. The van der Waals surface area contributed by atoms with Crippen molar-refractivity contribution in [1.82, 2.24) is 20.4 Å². The molecule has 1 atom stereocenters. The average molecular weight is 297 g/mol. The molecule has 1 aromatic rings. The zero-order chi connectivity index (χ0) is 15.1. The third-order valence-corrected chi connectivity index (χ3v) is 3.99. The number of thioether (sulfide) groups is 1. The topological polar surface area (TPSA) is 54.2 Å². The van der Waals surface area contributed by atoms with Gasteiger partial charge in [0.1, 0.15) is 0 Å². The lowest BCUT2D eigenvalue weighted by Gasteiger charge is -2.18. The lowest BCUT2D eigenvalue weighted by Crippen LogP contribution is -2.43. The first-order chi connectivity index (χ1) is 9.49. The molecule has 0 bridgehead atoms. The Morgan fingerprint density at radius 2 is 2.15 bits per heavy atom. The number of aromatic nitrogens is 2. The van der Waals surface area contributed by atoms with Gasteiger partial charge in [-0.25, -0.2) is 0 Å². The lowest BCUT2D eigenvalue weighted by molar-refractivity contribution is 0.638. The molecule has 0 aliphatic carbocycles. The molecule has 0 saturated heterocycles. The summed E-state index contributed by atoms with van der Waals surface area (Å²) in [6, 6.07) is 0.317. The Kier molecular flexibility index (Phi) is 6.91. The molecule has 2 N–H and O–H groups in total. The van der Waals surface area contributed by atoms with Crippen molar-refractivity contribution in [3.05, 3.63) is 17.0 Å². The quantitative estimate of drug-likeness (QED) is 0.475. The summed E-state index contributed by atoms with van der Waals surface area (Å²) in [5, 5.41) is 11.2. The van der Waals surface area contributed by atoms with Crippen LogP contribution in [-0.2, 0) is 13.5 Å². The summed E-state index contributed by atoms with van der Waals surface area (Å²) in [6.07, 6.45) is 3.06. The zero-order valence-electron chi connectivity index (χ0n) is 13.4. The summed E-state index contributed by atoms with van der Waals surface area (Å²) in [6.45, 7) is 7.29. The number of nitrogens with zero attached hydrogens (tertiary/aromatic N) is 3. The monoisotopic (exact) mass is 297 g/mol. The van der Waals surface area contributed by atoms with Crippen molar-refractivity contribution >= 4 is 17.7 Å². The predicted molar refractivity (Wildman–Crippen MR) is 88.7 cm³/mol. The molecule has 5 nitrogen and oxygen atoms in total. The van der Waals surface area contributed by atoms with E-state index >= 15 is 0 Å². The summed E-state index contributed by atoms with van der Waals surface area (Å²) in [5.41, 5.74) is 3.68. The van der Waals surface area contributed by atoms with E-state index in [0.29, 0.717) is 6.04 Å². The molecule has 0 radical (unpaired) electrons. The normalized spacial score (nSPS) is 13.4. The van der Waals surface area contributed by atoms with E-state index in [-0.39, 0.29) is 0 Å². The maximum atomic E-state index is 4.46. The fourth-order valence-corrected chi connectivity index (χ4v) is 2.48. The van der Waals surface area contributed by atoms with Crippen molar-refractivity contribution in [2.75, 3.05) is 25.6 Å². The molecule has 0 aliphatic heterocycles. The van der Waals surface area contributed by atoms with Crippen molar-refractivity contribution in [2.45, 2.75) is 33.2 Å². The predicted octanol–water partition coefficient (Wildman–Crippen LogP) is 1.50. The van der Waals surface area contributed by atoms with Crippen LogP contribution in [0.1, 0.15) is 23.9 Å². The molecule has 1 rings (SSSR count). The second-order valence-corrected chi connectivity index (χ2v) is 6.00. The summed E-state index contributed by atoms with van der Waals surface area (Å²) in [4.78, 5) is 4.26. The van der Waals surface area contributed by atoms with Crippen LogP contribution in [0, 0.1) is 13.8 Å². The molecule has 6 heteroatoms. The molecule has 0 fully saturated rings. The first kappa shape index (κ1) is 16.9. The van der Waals surface area contributed by atoms with E-state index in [1.165, 1.54) is 11.3 Å². The van der Waals surface area contributed by atoms with Crippen molar-refractivity contribution in [2.24, 2.45) is 12.0 Å². The minimum Gasteiger partial charge on any atom is -0.356 e. The number of hydrogen-bond acceptors (Lipinski definition) is 3. The maximum Gasteiger partial charge on any atom is 0.191 e. The van der Waals surface area contributed by atoms with E-state index in [1.54, 1.807) is 0 Å². The van der Waals surface area contributed by atoms with Crippen molar-refractivity contribution < 1.29 is 0 Å². The van der Waals surface area contributed by atoms with Crippen LogP contribution in [0.4, 0.5) is 0 Å². The molecule has 0 aromatic carbocycles. The number of nitrogens with one attached hydrogen (secondary N) is 2. The van der Waals surface area contributed by atoms with E-state index in [2.05, 4.69) is 47.8 Å². The molecular formula is C14H27N5S. The molecule has 1 unspecified atom stereocenters. The first-order valence-corrected chi connectivity index (χ1v) is 8.34. The van der Waals surface area contributed by atoms with Crippen LogP contribution in [0.5, 0.6) is 0 Å². The third-order valence-electron chi connectivity index (χ3n) is 3.37. The van der Waals surface area contributed by atoms with Crippen molar-refractivity contribution in [1.29, 1.82) is 0 Å². The van der Waals surface area contributed by atoms with E-state index in [0.717, 1.165) is 30.4 Å². The molecule has 1 heterocycles. The van der Waals surface area contributed by atoms with Crippen LogP contribution >= 0.6 is 11.8 Å². The van der Waals surface area contributed by atoms with Crippen molar-refractivity contribution in [3.8, 4) is 0 Å². The highest BCUT2D eigenvalue weighted by Gasteiger charge is 2.13. The number of aryl methyl sites for hydroxylation is 2. The second kappa shape index (κ2) is 8.19. The number of hydrogen-bond donors (Lipinski definition) is 2. The largest absolute Gasteiger partial charge is 0.356 e. The molecule has 1 aromatic heterocycles. The molecule has 0 amide bonds. The van der Waals surface area contributed by atoms with Crippen molar-refractivity contribution in [3.63, 3.8) is 0 Å². The second-order valence-electron chi connectivity index (χ2n) is 5.01. The van der Waals surface area contributed by atoms with Gasteiger partial charge in [0, 0.05) is 38.1 Å². The molecule has 0 saturated carbocycles. The van der Waals surface area contributed by atoms with Gasteiger partial charge in [0.25, 0.3) is 0 Å². The van der Waals surface area contributed by atoms with Crippen LogP contribution in [0.2, 0.25) is 0 Å². The van der Waals surface area contributed by atoms with Gasteiger partial charge in [0.2, 0.25) is 0 Å². The third kappa shape index (κ3) is 4.74. The van der Waals surface area contributed by atoms with Crippen LogP contribution in [-0.4, -0.2) is 47.4 Å². The van der Waals surface area contributed by atoms with E-state index in [1.807, 2.05) is 30.5 Å². The van der Waals surface area contributed by atoms with Gasteiger partial charge in [-0.15, -0.1) is 0 Å². The van der Waals surface area contributed by atoms with Gasteiger partial charge in [-0.2, -0.15) is 16.9 Å². The van der Waals surface area contributed by atoms with Crippen LogP contribution in [0.15, 0.2) is 4.99 Å². The van der Waals surface area contributed by atoms with Gasteiger partial charge in [-0.1, -0.05) is 0 Å². The van der Waals surface area contributed by atoms with E-state index < -0.39 is 0 Å². The zero-order valence-corrected chi connectivity index (χ0v) is 14.3. The number of guanidine groups is 1.